The van der Waals surface area contributed by atoms with E-state index in [4.69, 9.17) is 0 Å². The summed E-state index contributed by atoms with van der Waals surface area (Å²) in [7, 11) is -3.80. The predicted molar refractivity (Wildman–Crippen MR) is 82.3 cm³/mol. The number of rotatable bonds is 5. The van der Waals surface area contributed by atoms with Gasteiger partial charge in [0.2, 0.25) is 10.0 Å². The summed E-state index contributed by atoms with van der Waals surface area (Å²) < 4.78 is 65.8. The molecule has 1 aromatic rings. The summed E-state index contributed by atoms with van der Waals surface area (Å²) in [5, 5.41) is 3.14. The van der Waals surface area contributed by atoms with E-state index in [2.05, 4.69) is 5.32 Å². The second-order valence-corrected chi connectivity index (χ2v) is 7.59. The van der Waals surface area contributed by atoms with Crippen LogP contribution in [0.25, 0.3) is 0 Å². The van der Waals surface area contributed by atoms with Gasteiger partial charge >= 0.3 is 6.18 Å². The van der Waals surface area contributed by atoms with Gasteiger partial charge in [0.1, 0.15) is 0 Å². The predicted octanol–water partition coefficient (Wildman–Crippen LogP) is 2.61. The Kier molecular flexibility index (Phi) is 5.70. The lowest BCUT2D eigenvalue weighted by Gasteiger charge is -2.35. The van der Waals surface area contributed by atoms with Crippen molar-refractivity contribution in [1.29, 1.82) is 0 Å². The van der Waals surface area contributed by atoms with Crippen molar-refractivity contribution >= 4 is 10.0 Å². The van der Waals surface area contributed by atoms with Gasteiger partial charge in [0, 0.05) is 25.7 Å². The first-order valence-electron chi connectivity index (χ1n) is 7.61. The van der Waals surface area contributed by atoms with Crippen LogP contribution in [0.15, 0.2) is 24.3 Å². The standard InChI is InChI=1S/C15H21F3N2O2S/c1-2-5-13-10-19-8-9-20(13)23(21,22)11-12-6-3-4-7-14(12)15(16,17)18/h3-4,6-7,13,19H,2,5,8-11H2,1H3. The average Bonchev–Trinajstić information content (AvgIpc) is 2.47. The molecule has 1 unspecified atom stereocenters. The van der Waals surface area contributed by atoms with Gasteiger partial charge < -0.3 is 5.32 Å². The summed E-state index contributed by atoms with van der Waals surface area (Å²) in [6.07, 6.45) is -3.05. The van der Waals surface area contributed by atoms with Gasteiger partial charge in [-0.25, -0.2) is 8.42 Å². The normalized spacial score (nSPS) is 20.6. The average molecular weight is 350 g/mol. The molecule has 130 valence electrons. The first kappa shape index (κ1) is 18.2. The van der Waals surface area contributed by atoms with Crippen molar-refractivity contribution in [3.8, 4) is 0 Å². The molecule has 8 heteroatoms. The van der Waals surface area contributed by atoms with Crippen LogP contribution < -0.4 is 5.32 Å². The molecule has 23 heavy (non-hydrogen) atoms. The molecule has 0 saturated carbocycles. The van der Waals surface area contributed by atoms with Gasteiger partial charge in [-0.05, 0) is 18.1 Å². The number of alkyl halides is 3. The van der Waals surface area contributed by atoms with Crippen LogP contribution >= 0.6 is 0 Å². The quantitative estimate of drug-likeness (QED) is 0.888. The van der Waals surface area contributed by atoms with E-state index in [-0.39, 0.29) is 11.6 Å². The second kappa shape index (κ2) is 7.19. The van der Waals surface area contributed by atoms with Crippen LogP contribution in [-0.2, 0) is 22.0 Å². The number of benzene rings is 1. The van der Waals surface area contributed by atoms with Gasteiger partial charge in [0.25, 0.3) is 0 Å². The molecule has 1 saturated heterocycles. The van der Waals surface area contributed by atoms with E-state index >= 15 is 0 Å². The van der Waals surface area contributed by atoms with Crippen molar-refractivity contribution in [1.82, 2.24) is 9.62 Å². The molecule has 4 nitrogen and oxygen atoms in total. The zero-order valence-corrected chi connectivity index (χ0v) is 13.8. The van der Waals surface area contributed by atoms with Crippen LogP contribution in [0.2, 0.25) is 0 Å². The highest BCUT2D eigenvalue weighted by Gasteiger charge is 2.36. The van der Waals surface area contributed by atoms with E-state index < -0.39 is 27.5 Å². The molecule has 1 aliphatic heterocycles. The number of sulfonamides is 1. The fourth-order valence-electron chi connectivity index (χ4n) is 2.89. The molecule has 0 amide bonds. The lowest BCUT2D eigenvalue weighted by atomic mass is 10.1. The Morgan fingerprint density at radius 1 is 1.30 bits per heavy atom. The molecule has 2 rings (SSSR count). The van der Waals surface area contributed by atoms with Crippen LogP contribution in [0.5, 0.6) is 0 Å². The first-order valence-corrected chi connectivity index (χ1v) is 9.22. The lowest BCUT2D eigenvalue weighted by molar-refractivity contribution is -0.138. The van der Waals surface area contributed by atoms with Crippen molar-refractivity contribution in [2.24, 2.45) is 0 Å². The van der Waals surface area contributed by atoms with Crippen LogP contribution in [0, 0.1) is 0 Å². The topological polar surface area (TPSA) is 49.4 Å². The zero-order valence-electron chi connectivity index (χ0n) is 12.9. The minimum Gasteiger partial charge on any atom is -0.314 e. The van der Waals surface area contributed by atoms with Crippen molar-refractivity contribution in [2.45, 2.75) is 37.7 Å². The van der Waals surface area contributed by atoms with Crippen molar-refractivity contribution < 1.29 is 21.6 Å². The Hall–Kier alpha value is -1.12. The lowest BCUT2D eigenvalue weighted by Crippen LogP contribution is -2.53. The van der Waals surface area contributed by atoms with Crippen molar-refractivity contribution in [3.63, 3.8) is 0 Å². The third-order valence-electron chi connectivity index (χ3n) is 3.94. The summed E-state index contributed by atoms with van der Waals surface area (Å²) in [4.78, 5) is 0. The molecular formula is C15H21F3N2O2S. The number of hydrogen-bond acceptors (Lipinski definition) is 3. The molecule has 1 fully saturated rings. The summed E-state index contributed by atoms with van der Waals surface area (Å²) in [5.74, 6) is -0.622. The number of nitrogens with zero attached hydrogens (tertiary/aromatic N) is 1. The van der Waals surface area contributed by atoms with Gasteiger partial charge in [-0.2, -0.15) is 17.5 Å². The molecule has 0 aliphatic carbocycles. The fourth-order valence-corrected chi connectivity index (χ4v) is 4.70. The van der Waals surface area contributed by atoms with E-state index in [1.165, 1.54) is 22.5 Å². The minimum atomic E-state index is -4.56. The van der Waals surface area contributed by atoms with Gasteiger partial charge in [-0.3, -0.25) is 0 Å². The Morgan fingerprint density at radius 3 is 2.65 bits per heavy atom. The Bertz CT molecular complexity index is 630. The molecule has 0 bridgehead atoms. The van der Waals surface area contributed by atoms with E-state index in [1.54, 1.807) is 0 Å². The maximum Gasteiger partial charge on any atom is 0.416 e. The molecular weight excluding hydrogens is 329 g/mol. The van der Waals surface area contributed by atoms with Gasteiger partial charge in [-0.15, -0.1) is 0 Å². The molecule has 0 radical (unpaired) electrons. The second-order valence-electron chi connectivity index (χ2n) is 5.67. The fraction of sp³-hybridized carbons (Fsp3) is 0.600. The number of piperazine rings is 1. The SMILES string of the molecule is CCCC1CNCCN1S(=O)(=O)Cc1ccccc1C(F)(F)F. The number of halogens is 3. The highest BCUT2D eigenvalue weighted by Crippen LogP contribution is 2.33. The van der Waals surface area contributed by atoms with Gasteiger partial charge in [0.15, 0.2) is 0 Å². The number of nitrogens with one attached hydrogen (secondary N) is 1. The van der Waals surface area contributed by atoms with Crippen LogP contribution in [0.4, 0.5) is 13.2 Å². The highest BCUT2D eigenvalue weighted by molar-refractivity contribution is 7.88. The summed E-state index contributed by atoms with van der Waals surface area (Å²) in [6, 6.07) is 4.66. The largest absolute Gasteiger partial charge is 0.416 e. The van der Waals surface area contributed by atoms with Gasteiger partial charge in [-0.1, -0.05) is 31.5 Å². The van der Waals surface area contributed by atoms with Crippen LogP contribution in [0.1, 0.15) is 30.9 Å². The molecule has 0 aromatic heterocycles. The molecule has 0 spiro atoms. The molecule has 1 aliphatic rings. The maximum atomic E-state index is 13.0. The Labute approximate surface area is 134 Å². The van der Waals surface area contributed by atoms with Crippen molar-refractivity contribution in [2.75, 3.05) is 19.6 Å². The summed E-state index contributed by atoms with van der Waals surface area (Å²) in [6.45, 7) is 3.30. The molecule has 1 aromatic carbocycles. The molecule has 1 N–H and O–H groups in total. The third kappa shape index (κ3) is 4.45. The molecule has 1 atom stereocenters. The van der Waals surface area contributed by atoms with E-state index in [0.717, 1.165) is 12.5 Å². The van der Waals surface area contributed by atoms with Crippen LogP contribution in [-0.4, -0.2) is 38.4 Å². The highest BCUT2D eigenvalue weighted by atomic mass is 32.2. The van der Waals surface area contributed by atoms with E-state index in [9.17, 15) is 21.6 Å². The monoisotopic (exact) mass is 350 g/mol. The summed E-state index contributed by atoms with van der Waals surface area (Å²) in [5.41, 5.74) is -1.08. The minimum absolute atomic E-state index is 0.197. The van der Waals surface area contributed by atoms with Crippen LogP contribution in [0.3, 0.4) is 0 Å². The zero-order chi connectivity index (χ0) is 17.1. The van der Waals surface area contributed by atoms with Crippen molar-refractivity contribution in [3.05, 3.63) is 35.4 Å². The Morgan fingerprint density at radius 2 is 2.00 bits per heavy atom. The molecule has 1 heterocycles. The third-order valence-corrected chi connectivity index (χ3v) is 5.81. The van der Waals surface area contributed by atoms with E-state index in [0.29, 0.717) is 26.1 Å². The number of hydrogen-bond donors (Lipinski definition) is 1. The first-order chi connectivity index (χ1) is 10.8. The van der Waals surface area contributed by atoms with Gasteiger partial charge in [0.05, 0.1) is 11.3 Å². The Balaban J connectivity index is 2.28. The summed E-state index contributed by atoms with van der Waals surface area (Å²) >= 11 is 0. The maximum absolute atomic E-state index is 13.0. The van der Waals surface area contributed by atoms with E-state index in [1.807, 2.05) is 6.92 Å². The smallest absolute Gasteiger partial charge is 0.314 e.